The zero-order valence-electron chi connectivity index (χ0n) is 17.2. The van der Waals surface area contributed by atoms with E-state index in [4.69, 9.17) is 14.5 Å². The Hall–Kier alpha value is -2.80. The van der Waals surface area contributed by atoms with Crippen molar-refractivity contribution in [2.45, 2.75) is 13.8 Å². The largest absolute Gasteiger partial charge is 0.493 e. The van der Waals surface area contributed by atoms with E-state index in [0.717, 1.165) is 39.6 Å². The molecule has 0 bridgehead atoms. The van der Waals surface area contributed by atoms with Gasteiger partial charge >= 0.3 is 0 Å². The number of hydrogen-bond acceptors (Lipinski definition) is 6. The van der Waals surface area contributed by atoms with Gasteiger partial charge in [0.1, 0.15) is 5.52 Å². The number of nitrogens with zero attached hydrogens (tertiary/aromatic N) is 3. The average molecular weight is 412 g/mol. The fraction of sp³-hybridized carbons (Fsp3) is 0.364. The maximum atomic E-state index is 12.9. The lowest BCUT2D eigenvalue weighted by Gasteiger charge is -2.34. The molecule has 0 atom stereocenters. The molecule has 3 aromatic rings. The highest BCUT2D eigenvalue weighted by Crippen LogP contribution is 2.40. The highest BCUT2D eigenvalue weighted by Gasteiger charge is 2.25. The Kier molecular flexibility index (Phi) is 5.32. The summed E-state index contributed by atoms with van der Waals surface area (Å²) in [6.45, 7) is 6.93. The first-order valence-electron chi connectivity index (χ1n) is 9.65. The molecule has 4 rings (SSSR count). The van der Waals surface area contributed by atoms with Gasteiger partial charge in [-0.2, -0.15) is 0 Å². The van der Waals surface area contributed by atoms with Crippen LogP contribution in [0.4, 0.5) is 5.13 Å². The molecule has 1 aliphatic rings. The SMILES string of the molecule is COc1ccc2sc(N3CCN(C(=O)c4ccc(C)cc4C)CC3)nc2c1OC. The van der Waals surface area contributed by atoms with Crippen molar-refractivity contribution in [1.29, 1.82) is 0 Å². The Bertz CT molecular complexity index is 1050. The Balaban J connectivity index is 1.50. The zero-order chi connectivity index (χ0) is 20.5. The van der Waals surface area contributed by atoms with E-state index in [1.165, 1.54) is 5.56 Å². The van der Waals surface area contributed by atoms with E-state index in [1.807, 2.05) is 43.0 Å². The standard InChI is InChI=1S/C22H25N3O3S/c1-14-5-6-16(15(2)13-14)21(26)24-9-11-25(12-10-24)22-23-19-18(29-22)8-7-17(27-3)20(19)28-4/h5-8,13H,9-12H2,1-4H3. The molecule has 0 N–H and O–H groups in total. The monoisotopic (exact) mass is 411 g/mol. The van der Waals surface area contributed by atoms with Crippen molar-refractivity contribution in [1.82, 2.24) is 9.88 Å². The molecular weight excluding hydrogens is 386 g/mol. The highest BCUT2D eigenvalue weighted by atomic mass is 32.1. The van der Waals surface area contributed by atoms with Crippen LogP contribution in [0.2, 0.25) is 0 Å². The quantitative estimate of drug-likeness (QED) is 0.652. The van der Waals surface area contributed by atoms with Crippen LogP contribution in [0.1, 0.15) is 21.5 Å². The zero-order valence-corrected chi connectivity index (χ0v) is 18.0. The summed E-state index contributed by atoms with van der Waals surface area (Å²) >= 11 is 1.64. The predicted octanol–water partition coefficient (Wildman–Crippen LogP) is 3.89. The van der Waals surface area contributed by atoms with Gasteiger partial charge in [-0.15, -0.1) is 0 Å². The number of hydrogen-bond donors (Lipinski definition) is 0. The van der Waals surface area contributed by atoms with Crippen LogP contribution in [0, 0.1) is 13.8 Å². The summed E-state index contributed by atoms with van der Waals surface area (Å²) < 4.78 is 12.0. The number of aromatic nitrogens is 1. The second kappa shape index (κ2) is 7.91. The normalized spacial score (nSPS) is 14.3. The van der Waals surface area contributed by atoms with Gasteiger partial charge in [-0.3, -0.25) is 4.79 Å². The third-order valence-corrected chi connectivity index (χ3v) is 6.42. The third-order valence-electron chi connectivity index (χ3n) is 5.34. The number of anilines is 1. The predicted molar refractivity (Wildman–Crippen MR) is 117 cm³/mol. The van der Waals surface area contributed by atoms with Gasteiger partial charge < -0.3 is 19.3 Å². The molecule has 152 valence electrons. The van der Waals surface area contributed by atoms with Crippen molar-refractivity contribution in [2.75, 3.05) is 45.3 Å². The molecule has 1 saturated heterocycles. The Morgan fingerprint density at radius 2 is 1.79 bits per heavy atom. The Morgan fingerprint density at radius 1 is 1.03 bits per heavy atom. The number of benzene rings is 2. The lowest BCUT2D eigenvalue weighted by molar-refractivity contribution is 0.0746. The first kappa shape index (κ1) is 19.5. The van der Waals surface area contributed by atoms with Crippen LogP contribution >= 0.6 is 11.3 Å². The van der Waals surface area contributed by atoms with E-state index in [-0.39, 0.29) is 5.91 Å². The lowest BCUT2D eigenvalue weighted by Crippen LogP contribution is -2.48. The summed E-state index contributed by atoms with van der Waals surface area (Å²) in [5, 5.41) is 0.949. The molecule has 1 fully saturated rings. The van der Waals surface area contributed by atoms with Gasteiger partial charge in [0.15, 0.2) is 16.6 Å². The molecule has 1 aromatic heterocycles. The molecule has 0 radical (unpaired) electrons. The second-order valence-electron chi connectivity index (χ2n) is 7.24. The molecule has 2 heterocycles. The number of thiazole rings is 1. The molecule has 0 aliphatic carbocycles. The molecule has 0 unspecified atom stereocenters. The van der Waals surface area contributed by atoms with Crippen molar-refractivity contribution in [3.05, 3.63) is 47.0 Å². The Labute approximate surface area is 174 Å². The molecule has 7 heteroatoms. The van der Waals surface area contributed by atoms with E-state index >= 15 is 0 Å². The van der Waals surface area contributed by atoms with E-state index in [1.54, 1.807) is 25.6 Å². The van der Waals surface area contributed by atoms with Crippen molar-refractivity contribution in [2.24, 2.45) is 0 Å². The van der Waals surface area contributed by atoms with E-state index in [9.17, 15) is 4.79 Å². The number of piperazine rings is 1. The van der Waals surface area contributed by atoms with Crippen molar-refractivity contribution >= 4 is 32.6 Å². The van der Waals surface area contributed by atoms with Crippen molar-refractivity contribution in [3.8, 4) is 11.5 Å². The van der Waals surface area contributed by atoms with Crippen LogP contribution in [0.3, 0.4) is 0 Å². The minimum absolute atomic E-state index is 0.109. The molecule has 1 aliphatic heterocycles. The van der Waals surface area contributed by atoms with Crippen molar-refractivity contribution in [3.63, 3.8) is 0 Å². The number of methoxy groups -OCH3 is 2. The van der Waals surface area contributed by atoms with Gasteiger partial charge in [-0.25, -0.2) is 4.98 Å². The van der Waals surface area contributed by atoms with Crippen LogP contribution in [0.5, 0.6) is 11.5 Å². The Morgan fingerprint density at radius 3 is 2.45 bits per heavy atom. The number of rotatable bonds is 4. The number of aryl methyl sites for hydroxylation is 2. The van der Waals surface area contributed by atoms with Crippen LogP contribution in [0.25, 0.3) is 10.2 Å². The summed E-state index contributed by atoms with van der Waals surface area (Å²) in [7, 11) is 3.26. The topological polar surface area (TPSA) is 54.9 Å². The minimum Gasteiger partial charge on any atom is -0.493 e. The number of ether oxygens (including phenoxy) is 2. The molecule has 0 spiro atoms. The average Bonchev–Trinajstić information content (AvgIpc) is 3.17. The van der Waals surface area contributed by atoms with Crippen LogP contribution in [-0.4, -0.2) is 56.2 Å². The molecule has 2 aromatic carbocycles. The van der Waals surface area contributed by atoms with Crippen LogP contribution in [0.15, 0.2) is 30.3 Å². The van der Waals surface area contributed by atoms with Gasteiger partial charge in [-0.1, -0.05) is 29.0 Å². The smallest absolute Gasteiger partial charge is 0.254 e. The van der Waals surface area contributed by atoms with Gasteiger partial charge in [0, 0.05) is 31.7 Å². The lowest BCUT2D eigenvalue weighted by atomic mass is 10.0. The van der Waals surface area contributed by atoms with Gasteiger partial charge in [0.25, 0.3) is 5.91 Å². The fourth-order valence-electron chi connectivity index (χ4n) is 3.76. The maximum Gasteiger partial charge on any atom is 0.254 e. The van der Waals surface area contributed by atoms with E-state index in [0.29, 0.717) is 24.6 Å². The van der Waals surface area contributed by atoms with Gasteiger partial charge in [-0.05, 0) is 37.6 Å². The molecule has 1 amide bonds. The molecule has 29 heavy (non-hydrogen) atoms. The molecule has 0 saturated carbocycles. The van der Waals surface area contributed by atoms with Crippen LogP contribution in [-0.2, 0) is 0 Å². The maximum absolute atomic E-state index is 12.9. The van der Waals surface area contributed by atoms with Crippen LogP contribution < -0.4 is 14.4 Å². The van der Waals surface area contributed by atoms with E-state index < -0.39 is 0 Å². The van der Waals surface area contributed by atoms with Gasteiger partial charge in [0.05, 0.1) is 18.9 Å². The number of carbonyl (C=O) groups is 1. The molecule has 6 nitrogen and oxygen atoms in total. The summed E-state index contributed by atoms with van der Waals surface area (Å²) in [5.74, 6) is 1.45. The van der Waals surface area contributed by atoms with Gasteiger partial charge in [0.2, 0.25) is 0 Å². The summed E-state index contributed by atoms with van der Waals surface area (Å²) in [6, 6.07) is 9.92. The first-order chi connectivity index (χ1) is 14.0. The molecular formula is C22H25N3O3S. The summed E-state index contributed by atoms with van der Waals surface area (Å²) in [4.78, 5) is 21.9. The summed E-state index contributed by atoms with van der Waals surface area (Å²) in [6.07, 6.45) is 0. The number of carbonyl (C=O) groups excluding carboxylic acids is 1. The third kappa shape index (κ3) is 3.62. The number of fused-ring (bicyclic) bond motifs is 1. The highest BCUT2D eigenvalue weighted by molar-refractivity contribution is 7.22. The minimum atomic E-state index is 0.109. The summed E-state index contributed by atoms with van der Waals surface area (Å²) in [5.41, 5.74) is 3.82. The second-order valence-corrected chi connectivity index (χ2v) is 8.25. The number of amides is 1. The first-order valence-corrected chi connectivity index (χ1v) is 10.5. The fourth-order valence-corrected chi connectivity index (χ4v) is 4.77. The van der Waals surface area contributed by atoms with E-state index in [2.05, 4.69) is 11.0 Å². The van der Waals surface area contributed by atoms with Crippen molar-refractivity contribution < 1.29 is 14.3 Å².